The molecule has 3 nitrogen and oxygen atoms in total. The monoisotopic (exact) mass is 206 g/mol. The lowest BCUT2D eigenvalue weighted by Crippen LogP contribution is -2.23. The van der Waals surface area contributed by atoms with Crippen LogP contribution < -0.4 is 10.5 Å². The van der Waals surface area contributed by atoms with Gasteiger partial charge >= 0.3 is 0 Å². The molecule has 0 spiro atoms. The van der Waals surface area contributed by atoms with Crippen molar-refractivity contribution in [3.63, 3.8) is 0 Å². The van der Waals surface area contributed by atoms with Crippen LogP contribution in [0.5, 0.6) is 5.88 Å². The third-order valence-electron chi connectivity index (χ3n) is 3.01. The number of hydrogen-bond acceptors (Lipinski definition) is 3. The first-order valence-electron chi connectivity index (χ1n) is 5.62. The van der Waals surface area contributed by atoms with Gasteiger partial charge in [0, 0.05) is 6.07 Å². The highest BCUT2D eigenvalue weighted by Crippen LogP contribution is 2.26. The van der Waals surface area contributed by atoms with Crippen LogP contribution in [0.15, 0.2) is 18.3 Å². The van der Waals surface area contributed by atoms with Crippen LogP contribution in [0.1, 0.15) is 32.6 Å². The predicted molar refractivity (Wildman–Crippen MR) is 60.7 cm³/mol. The van der Waals surface area contributed by atoms with Crippen LogP contribution in [0.2, 0.25) is 0 Å². The van der Waals surface area contributed by atoms with E-state index in [0.29, 0.717) is 17.7 Å². The minimum atomic E-state index is 0.345. The fourth-order valence-corrected chi connectivity index (χ4v) is 1.98. The normalized spacial score (nSPS) is 26.2. The third-order valence-corrected chi connectivity index (χ3v) is 3.01. The molecule has 0 radical (unpaired) electrons. The molecule has 0 unspecified atom stereocenters. The number of rotatable bonds is 2. The largest absolute Gasteiger partial charge is 0.474 e. The van der Waals surface area contributed by atoms with Gasteiger partial charge in [0.25, 0.3) is 0 Å². The van der Waals surface area contributed by atoms with Crippen LogP contribution in [-0.2, 0) is 0 Å². The number of pyridine rings is 1. The van der Waals surface area contributed by atoms with Crippen molar-refractivity contribution < 1.29 is 4.74 Å². The Balaban J connectivity index is 1.89. The van der Waals surface area contributed by atoms with E-state index < -0.39 is 0 Å². The Hall–Kier alpha value is -1.25. The molecule has 1 aliphatic carbocycles. The fraction of sp³-hybridized carbons (Fsp3) is 0.583. The van der Waals surface area contributed by atoms with Crippen molar-refractivity contribution in [2.24, 2.45) is 5.92 Å². The van der Waals surface area contributed by atoms with Gasteiger partial charge in [-0.05, 0) is 37.7 Å². The minimum absolute atomic E-state index is 0.345. The highest BCUT2D eigenvalue weighted by Gasteiger charge is 2.19. The molecule has 0 saturated heterocycles. The second-order valence-corrected chi connectivity index (χ2v) is 4.43. The Morgan fingerprint density at radius 2 is 2.00 bits per heavy atom. The molecule has 0 aliphatic heterocycles. The Kier molecular flexibility index (Phi) is 3.09. The number of nitrogens with zero attached hydrogens (tertiary/aromatic N) is 1. The molecule has 1 aliphatic rings. The number of aromatic nitrogens is 1. The molecule has 1 fully saturated rings. The molecule has 1 saturated carbocycles. The van der Waals surface area contributed by atoms with Gasteiger partial charge in [-0.15, -0.1) is 0 Å². The summed E-state index contributed by atoms with van der Waals surface area (Å²) in [6, 6.07) is 3.67. The quantitative estimate of drug-likeness (QED) is 0.809. The Morgan fingerprint density at radius 3 is 2.60 bits per heavy atom. The van der Waals surface area contributed by atoms with Gasteiger partial charge in [0.05, 0.1) is 11.9 Å². The fourth-order valence-electron chi connectivity index (χ4n) is 1.98. The van der Waals surface area contributed by atoms with Crippen molar-refractivity contribution in [3.8, 4) is 5.88 Å². The second kappa shape index (κ2) is 4.51. The molecule has 2 N–H and O–H groups in total. The van der Waals surface area contributed by atoms with Crippen LogP contribution in [-0.4, -0.2) is 11.1 Å². The topological polar surface area (TPSA) is 48.1 Å². The Morgan fingerprint density at radius 1 is 1.27 bits per heavy atom. The number of hydrogen-bond donors (Lipinski definition) is 1. The van der Waals surface area contributed by atoms with Gasteiger partial charge in [-0.2, -0.15) is 0 Å². The third kappa shape index (κ3) is 2.85. The molecule has 15 heavy (non-hydrogen) atoms. The van der Waals surface area contributed by atoms with Gasteiger partial charge in [0.1, 0.15) is 6.10 Å². The first-order chi connectivity index (χ1) is 7.24. The number of ether oxygens (including phenoxy) is 1. The molecule has 3 heteroatoms. The summed E-state index contributed by atoms with van der Waals surface area (Å²) in [5.74, 6) is 1.55. The number of nitrogens with two attached hydrogens (primary N) is 1. The van der Waals surface area contributed by atoms with Crippen LogP contribution in [0.4, 0.5) is 5.69 Å². The summed E-state index contributed by atoms with van der Waals surface area (Å²) in [5, 5.41) is 0. The summed E-state index contributed by atoms with van der Waals surface area (Å²) in [7, 11) is 0. The zero-order valence-corrected chi connectivity index (χ0v) is 9.15. The molecule has 1 aromatic rings. The number of anilines is 1. The van der Waals surface area contributed by atoms with E-state index in [4.69, 9.17) is 10.5 Å². The molecule has 0 aromatic carbocycles. The first-order valence-corrected chi connectivity index (χ1v) is 5.62. The van der Waals surface area contributed by atoms with E-state index in [1.54, 1.807) is 6.20 Å². The Labute approximate surface area is 90.7 Å². The second-order valence-electron chi connectivity index (χ2n) is 4.43. The average Bonchev–Trinajstić information content (AvgIpc) is 2.25. The van der Waals surface area contributed by atoms with Gasteiger partial charge < -0.3 is 10.5 Å². The SMILES string of the molecule is CC1CCC(Oc2ccc(N)cn2)CC1. The molecule has 0 atom stereocenters. The summed E-state index contributed by atoms with van der Waals surface area (Å²) in [5.41, 5.74) is 6.24. The van der Waals surface area contributed by atoms with E-state index in [2.05, 4.69) is 11.9 Å². The maximum atomic E-state index is 5.79. The van der Waals surface area contributed by atoms with Crippen molar-refractivity contribution in [1.29, 1.82) is 0 Å². The van der Waals surface area contributed by atoms with E-state index >= 15 is 0 Å². The molecule has 0 amide bonds. The van der Waals surface area contributed by atoms with Gasteiger partial charge in [-0.25, -0.2) is 4.98 Å². The van der Waals surface area contributed by atoms with Crippen LogP contribution in [0.3, 0.4) is 0 Å². The van der Waals surface area contributed by atoms with Gasteiger partial charge in [0.15, 0.2) is 0 Å². The lowest BCUT2D eigenvalue weighted by atomic mass is 9.89. The number of nitrogen functional groups attached to an aromatic ring is 1. The average molecular weight is 206 g/mol. The van der Waals surface area contributed by atoms with Crippen molar-refractivity contribution in [1.82, 2.24) is 4.98 Å². The summed E-state index contributed by atoms with van der Waals surface area (Å²) in [6.07, 6.45) is 6.80. The smallest absolute Gasteiger partial charge is 0.213 e. The molecule has 2 rings (SSSR count). The highest BCUT2D eigenvalue weighted by molar-refractivity contribution is 5.35. The standard InChI is InChI=1S/C12H18N2O/c1-9-2-5-11(6-3-9)15-12-7-4-10(13)8-14-12/h4,7-9,11H,2-3,5-6,13H2,1H3. The summed E-state index contributed by atoms with van der Waals surface area (Å²) >= 11 is 0. The van der Waals surface area contributed by atoms with Crippen molar-refractivity contribution in [2.75, 3.05) is 5.73 Å². The molecule has 0 bridgehead atoms. The van der Waals surface area contributed by atoms with Crippen LogP contribution in [0.25, 0.3) is 0 Å². The lowest BCUT2D eigenvalue weighted by molar-refractivity contribution is 0.130. The van der Waals surface area contributed by atoms with Gasteiger partial charge in [0.2, 0.25) is 5.88 Å². The molecule has 82 valence electrons. The zero-order valence-electron chi connectivity index (χ0n) is 9.15. The van der Waals surface area contributed by atoms with E-state index in [1.807, 2.05) is 12.1 Å². The summed E-state index contributed by atoms with van der Waals surface area (Å²) < 4.78 is 5.79. The van der Waals surface area contributed by atoms with E-state index in [-0.39, 0.29) is 0 Å². The van der Waals surface area contributed by atoms with Crippen LogP contribution >= 0.6 is 0 Å². The van der Waals surface area contributed by atoms with Crippen molar-refractivity contribution in [3.05, 3.63) is 18.3 Å². The van der Waals surface area contributed by atoms with Crippen molar-refractivity contribution in [2.45, 2.75) is 38.7 Å². The molecule has 1 heterocycles. The molecule has 1 aromatic heterocycles. The highest BCUT2D eigenvalue weighted by atomic mass is 16.5. The first kappa shape index (κ1) is 10.3. The predicted octanol–water partition coefficient (Wildman–Crippen LogP) is 2.62. The van der Waals surface area contributed by atoms with Gasteiger partial charge in [-0.1, -0.05) is 6.92 Å². The maximum Gasteiger partial charge on any atom is 0.213 e. The maximum absolute atomic E-state index is 5.79. The Bertz CT molecular complexity index is 302. The van der Waals surface area contributed by atoms with Crippen molar-refractivity contribution >= 4 is 5.69 Å². The lowest BCUT2D eigenvalue weighted by Gasteiger charge is -2.26. The zero-order chi connectivity index (χ0) is 10.7. The van der Waals surface area contributed by atoms with Crippen LogP contribution in [0, 0.1) is 5.92 Å². The summed E-state index contributed by atoms with van der Waals surface area (Å²) in [6.45, 7) is 2.30. The molecular weight excluding hydrogens is 188 g/mol. The summed E-state index contributed by atoms with van der Waals surface area (Å²) in [4.78, 5) is 4.14. The van der Waals surface area contributed by atoms with E-state index in [0.717, 1.165) is 18.8 Å². The molecular formula is C12H18N2O. The van der Waals surface area contributed by atoms with E-state index in [9.17, 15) is 0 Å². The van der Waals surface area contributed by atoms with E-state index in [1.165, 1.54) is 12.8 Å². The van der Waals surface area contributed by atoms with Gasteiger partial charge in [-0.3, -0.25) is 0 Å². The minimum Gasteiger partial charge on any atom is -0.474 e.